The molecule has 3 N–H and O–H groups in total. The highest BCUT2D eigenvalue weighted by Gasteiger charge is 2.61. The van der Waals surface area contributed by atoms with Gasteiger partial charge < -0.3 is 15.4 Å². The van der Waals surface area contributed by atoms with E-state index in [-0.39, 0.29) is 22.9 Å². The van der Waals surface area contributed by atoms with Gasteiger partial charge in [-0.05, 0) is 30.4 Å². The lowest BCUT2D eigenvalue weighted by atomic mass is 9.60. The molecule has 2 aliphatic heterocycles. The first-order valence-electron chi connectivity index (χ1n) is 8.90. The van der Waals surface area contributed by atoms with Crippen LogP contribution in [0.2, 0.25) is 0 Å². The Morgan fingerprint density at radius 3 is 2.77 bits per heavy atom. The average molecular weight is 357 g/mol. The monoisotopic (exact) mass is 357 g/mol. The van der Waals surface area contributed by atoms with E-state index in [1.807, 2.05) is 18.2 Å². The number of fused-ring (bicyclic) bond motifs is 3. The molecular weight excluding hydrogens is 330 g/mol. The van der Waals surface area contributed by atoms with Gasteiger partial charge in [-0.3, -0.25) is 10.1 Å². The Morgan fingerprint density at radius 2 is 2.12 bits per heavy atom. The Labute approximate surface area is 154 Å². The quantitative estimate of drug-likeness (QED) is 0.554. The number of hydrogen-bond acceptors (Lipinski definition) is 5. The number of amides is 1. The van der Waals surface area contributed by atoms with Crippen molar-refractivity contribution >= 4 is 17.6 Å². The molecule has 0 aliphatic carbocycles. The number of allylic oxidation sites excluding steroid dienone is 1. The zero-order valence-corrected chi connectivity index (χ0v) is 15.8. The van der Waals surface area contributed by atoms with Crippen molar-refractivity contribution in [3.05, 3.63) is 42.5 Å². The molecule has 0 radical (unpaired) electrons. The molecule has 4 atom stereocenters. The highest BCUT2D eigenvalue weighted by Crippen LogP contribution is 2.57. The third-order valence-corrected chi connectivity index (χ3v) is 5.98. The molecule has 1 aromatic carbocycles. The van der Waals surface area contributed by atoms with Crippen molar-refractivity contribution in [2.75, 3.05) is 12.4 Å². The van der Waals surface area contributed by atoms with E-state index in [1.165, 1.54) is 12.7 Å². The summed E-state index contributed by atoms with van der Waals surface area (Å²) in [6, 6.07) is 7.11. The lowest BCUT2D eigenvalue weighted by Gasteiger charge is -2.42. The summed E-state index contributed by atoms with van der Waals surface area (Å²) in [6.45, 7) is 9.96. The number of benzene rings is 1. The normalized spacial score (nSPS) is 27.7. The summed E-state index contributed by atoms with van der Waals surface area (Å²) in [5.41, 5.74) is 1.73. The van der Waals surface area contributed by atoms with E-state index < -0.39 is 18.1 Å². The second kappa shape index (κ2) is 6.43. The van der Waals surface area contributed by atoms with E-state index in [0.29, 0.717) is 6.42 Å². The fourth-order valence-electron chi connectivity index (χ4n) is 4.31. The van der Waals surface area contributed by atoms with Gasteiger partial charge in [0.2, 0.25) is 5.91 Å². The molecule has 26 heavy (non-hydrogen) atoms. The van der Waals surface area contributed by atoms with Gasteiger partial charge in [0.15, 0.2) is 0 Å². The van der Waals surface area contributed by atoms with Crippen LogP contribution in [0.3, 0.4) is 0 Å². The molecule has 1 fully saturated rings. The summed E-state index contributed by atoms with van der Waals surface area (Å²) >= 11 is 0. The molecule has 1 aromatic rings. The first-order chi connectivity index (χ1) is 12.3. The highest BCUT2D eigenvalue weighted by atomic mass is 16.5. The molecule has 0 aromatic heterocycles. The second-order valence-electron chi connectivity index (χ2n) is 7.70. The fourth-order valence-corrected chi connectivity index (χ4v) is 4.31. The van der Waals surface area contributed by atoms with Crippen molar-refractivity contribution in [3.63, 3.8) is 0 Å². The van der Waals surface area contributed by atoms with Crippen molar-refractivity contribution in [1.29, 1.82) is 0 Å². The maximum atomic E-state index is 12.7. The van der Waals surface area contributed by atoms with E-state index in [4.69, 9.17) is 0 Å². The SMILES string of the molecule is C=CC(C)(C)[C@@]12C[C@@H](C(=O)N[C@H](C)C(=O)OC)N[C@@H]1Nc1ccccc12. The van der Waals surface area contributed by atoms with Crippen LogP contribution in [0.4, 0.5) is 5.69 Å². The Kier molecular flexibility index (Phi) is 4.56. The van der Waals surface area contributed by atoms with Gasteiger partial charge in [0.05, 0.1) is 19.3 Å². The molecule has 3 rings (SSSR count). The molecule has 1 saturated heterocycles. The van der Waals surface area contributed by atoms with Crippen molar-refractivity contribution in [3.8, 4) is 0 Å². The highest BCUT2D eigenvalue weighted by molar-refractivity contribution is 5.88. The number of ether oxygens (including phenoxy) is 1. The van der Waals surface area contributed by atoms with Gasteiger partial charge in [0, 0.05) is 11.1 Å². The van der Waals surface area contributed by atoms with Crippen molar-refractivity contribution in [2.24, 2.45) is 5.41 Å². The number of carbonyl (C=O) groups excluding carboxylic acids is 2. The first-order valence-corrected chi connectivity index (χ1v) is 8.90. The largest absolute Gasteiger partial charge is 0.467 e. The summed E-state index contributed by atoms with van der Waals surface area (Å²) in [4.78, 5) is 24.3. The zero-order valence-electron chi connectivity index (χ0n) is 15.8. The molecule has 2 heterocycles. The molecule has 6 nitrogen and oxygen atoms in total. The van der Waals surface area contributed by atoms with Crippen LogP contribution in [0, 0.1) is 5.41 Å². The Bertz CT molecular complexity index is 746. The Morgan fingerprint density at radius 1 is 1.42 bits per heavy atom. The molecule has 0 unspecified atom stereocenters. The minimum atomic E-state index is -0.682. The summed E-state index contributed by atoms with van der Waals surface area (Å²) in [5.74, 6) is -0.656. The summed E-state index contributed by atoms with van der Waals surface area (Å²) < 4.78 is 4.69. The standard InChI is InChI=1S/C20H27N3O3/c1-6-19(3,4)20-11-15(16(24)21-12(2)17(25)26-5)23-18(20)22-14-10-8-7-9-13(14)20/h6-10,12,15,18,22-23H,1,11H2,2-5H3,(H,21,24)/t12-,15+,18+,20-/m1/s1. The van der Waals surface area contributed by atoms with E-state index in [0.717, 1.165) is 5.69 Å². The number of hydrogen-bond donors (Lipinski definition) is 3. The van der Waals surface area contributed by atoms with Crippen LogP contribution in [-0.2, 0) is 19.7 Å². The molecule has 1 amide bonds. The van der Waals surface area contributed by atoms with Crippen molar-refractivity contribution < 1.29 is 14.3 Å². The molecule has 0 saturated carbocycles. The van der Waals surface area contributed by atoms with Gasteiger partial charge in [0.25, 0.3) is 0 Å². The van der Waals surface area contributed by atoms with Crippen LogP contribution >= 0.6 is 0 Å². The van der Waals surface area contributed by atoms with E-state index >= 15 is 0 Å². The topological polar surface area (TPSA) is 79.5 Å². The number of anilines is 1. The summed E-state index contributed by atoms with van der Waals surface area (Å²) in [5, 5.41) is 9.68. The van der Waals surface area contributed by atoms with E-state index in [2.05, 4.69) is 53.2 Å². The third kappa shape index (κ3) is 2.60. The Hall–Kier alpha value is -2.34. The van der Waals surface area contributed by atoms with Gasteiger partial charge in [0.1, 0.15) is 6.04 Å². The molecule has 2 aliphatic rings. The van der Waals surface area contributed by atoms with Gasteiger partial charge in [-0.15, -0.1) is 6.58 Å². The number of esters is 1. The third-order valence-electron chi connectivity index (χ3n) is 5.98. The predicted octanol–water partition coefficient (Wildman–Crippen LogP) is 1.93. The minimum Gasteiger partial charge on any atom is -0.467 e. The van der Waals surface area contributed by atoms with Crippen LogP contribution in [0.15, 0.2) is 36.9 Å². The van der Waals surface area contributed by atoms with Crippen LogP contribution in [0.25, 0.3) is 0 Å². The van der Waals surface area contributed by atoms with Crippen LogP contribution in [-0.4, -0.2) is 37.2 Å². The predicted molar refractivity (Wildman–Crippen MR) is 101 cm³/mol. The molecular formula is C20H27N3O3. The molecule has 6 heteroatoms. The second-order valence-corrected chi connectivity index (χ2v) is 7.70. The van der Waals surface area contributed by atoms with Gasteiger partial charge in [-0.25, -0.2) is 4.79 Å². The fraction of sp³-hybridized carbons (Fsp3) is 0.500. The lowest BCUT2D eigenvalue weighted by molar-refractivity contribution is -0.144. The van der Waals surface area contributed by atoms with Gasteiger partial charge in [-0.1, -0.05) is 38.1 Å². The van der Waals surface area contributed by atoms with Gasteiger partial charge >= 0.3 is 5.97 Å². The number of para-hydroxylation sites is 1. The van der Waals surface area contributed by atoms with Gasteiger partial charge in [-0.2, -0.15) is 0 Å². The van der Waals surface area contributed by atoms with Crippen molar-refractivity contribution in [1.82, 2.24) is 10.6 Å². The maximum absolute atomic E-state index is 12.7. The molecule has 0 spiro atoms. The average Bonchev–Trinajstić information content (AvgIpc) is 3.15. The number of nitrogens with one attached hydrogen (secondary N) is 3. The van der Waals surface area contributed by atoms with Crippen LogP contribution < -0.4 is 16.0 Å². The van der Waals surface area contributed by atoms with E-state index in [1.54, 1.807) is 6.92 Å². The summed E-state index contributed by atoms with van der Waals surface area (Å²) in [6.07, 6.45) is 2.49. The molecule has 140 valence electrons. The maximum Gasteiger partial charge on any atom is 0.328 e. The Balaban J connectivity index is 1.90. The number of methoxy groups -OCH3 is 1. The van der Waals surface area contributed by atoms with Crippen molar-refractivity contribution in [2.45, 2.75) is 50.9 Å². The van der Waals surface area contributed by atoms with E-state index in [9.17, 15) is 9.59 Å². The number of rotatable bonds is 5. The summed E-state index contributed by atoms with van der Waals surface area (Å²) in [7, 11) is 1.31. The minimum absolute atomic E-state index is 0.0860. The number of carbonyl (C=O) groups is 2. The smallest absolute Gasteiger partial charge is 0.328 e. The van der Waals surface area contributed by atoms with Crippen LogP contribution in [0.1, 0.15) is 32.8 Å². The zero-order chi connectivity index (χ0) is 19.1. The molecule has 0 bridgehead atoms. The van der Waals surface area contributed by atoms with Crippen LogP contribution in [0.5, 0.6) is 0 Å². The lowest BCUT2D eigenvalue weighted by Crippen LogP contribution is -2.50. The first kappa shape index (κ1) is 18.5.